The van der Waals surface area contributed by atoms with E-state index in [9.17, 15) is 15.0 Å². The second-order valence-corrected chi connectivity index (χ2v) is 14.4. The predicted molar refractivity (Wildman–Crippen MR) is 137 cm³/mol. The number of rotatable bonds is 11. The largest absolute Gasteiger partial charge is 0.469 e. The highest BCUT2D eigenvalue weighted by Crippen LogP contribution is 2.37. The molecular weight excluding hydrogens is 432 g/mol. The predicted octanol–water partition coefficient (Wildman–Crippen LogP) is 4.81. The monoisotopic (exact) mass is 476 g/mol. The van der Waals surface area contributed by atoms with E-state index in [4.69, 9.17) is 4.43 Å². The Morgan fingerprint density at radius 3 is 2.21 bits per heavy atom. The number of carbonyl (C=O) groups excluding carboxylic acids is 1. The van der Waals surface area contributed by atoms with Gasteiger partial charge in [-0.25, -0.2) is 0 Å². The minimum Gasteiger partial charge on any atom is -0.469 e. The van der Waals surface area contributed by atoms with Gasteiger partial charge >= 0.3 is 5.97 Å². The van der Waals surface area contributed by atoms with Gasteiger partial charge in [0.25, 0.3) is 0 Å². The van der Waals surface area contributed by atoms with Crippen molar-refractivity contribution >= 4 is 14.3 Å². The Bertz CT molecular complexity index is 749. The second kappa shape index (κ2) is 16.8. The van der Waals surface area contributed by atoms with E-state index in [0.29, 0.717) is 25.7 Å². The van der Waals surface area contributed by atoms with E-state index < -0.39 is 26.6 Å². The van der Waals surface area contributed by atoms with Crippen LogP contribution in [0.25, 0.3) is 0 Å². The molecule has 0 aliphatic heterocycles. The molecule has 0 bridgehead atoms. The van der Waals surface area contributed by atoms with Crippen LogP contribution in [0.15, 0.2) is 0 Å². The molecule has 1 unspecified atom stereocenters. The smallest absolute Gasteiger partial charge is 0.305 e. The first-order valence-electron chi connectivity index (χ1n) is 12.0. The van der Waals surface area contributed by atoms with E-state index in [0.717, 1.165) is 25.7 Å². The van der Waals surface area contributed by atoms with Crippen molar-refractivity contribution in [1.82, 2.24) is 0 Å². The molecule has 0 aliphatic rings. The van der Waals surface area contributed by atoms with Gasteiger partial charge in [0, 0.05) is 25.7 Å². The molecule has 0 rings (SSSR count). The van der Waals surface area contributed by atoms with Crippen LogP contribution in [-0.4, -0.2) is 49.9 Å². The summed E-state index contributed by atoms with van der Waals surface area (Å²) in [5.41, 5.74) is 0. The minimum absolute atomic E-state index is 0.0594. The Labute approximate surface area is 203 Å². The van der Waals surface area contributed by atoms with Crippen molar-refractivity contribution in [2.45, 2.75) is 122 Å². The van der Waals surface area contributed by atoms with E-state index in [1.165, 1.54) is 7.11 Å². The van der Waals surface area contributed by atoms with Crippen LogP contribution in [0.3, 0.4) is 0 Å². The van der Waals surface area contributed by atoms with Gasteiger partial charge in [-0.15, -0.1) is 17.8 Å². The first-order valence-corrected chi connectivity index (χ1v) is 14.9. The lowest BCUT2D eigenvalue weighted by molar-refractivity contribution is -0.140. The fourth-order valence-electron chi connectivity index (χ4n) is 2.50. The zero-order valence-corrected chi connectivity index (χ0v) is 22.7. The Kier molecular flexibility index (Phi) is 15.9. The zero-order chi connectivity index (χ0) is 25.3. The zero-order valence-electron chi connectivity index (χ0n) is 21.7. The highest BCUT2D eigenvalue weighted by molar-refractivity contribution is 6.74. The first-order chi connectivity index (χ1) is 15.5. The van der Waals surface area contributed by atoms with Crippen molar-refractivity contribution in [3.8, 4) is 35.5 Å². The van der Waals surface area contributed by atoms with E-state index in [1.807, 2.05) is 0 Å². The summed E-state index contributed by atoms with van der Waals surface area (Å²) in [6, 6.07) is 0. The first kappa shape index (κ1) is 31.2. The lowest BCUT2D eigenvalue weighted by Crippen LogP contribution is -2.49. The molecule has 0 heterocycles. The standard InChI is InChI=1S/C27H44O5Si/c1-8-9-10-11-14-17-20-23(28)26(30)24(32-33(6,7)27(2,3)4)21-18-15-12-13-16-19-22-25(29)31-5/h23-24,26,28,30H,8-11,15-16,19-20,22H2,1-7H3/t23-,24?,26+/m0/s1. The molecule has 0 spiro atoms. The second-order valence-electron chi connectivity index (χ2n) is 9.65. The number of aliphatic hydroxyl groups is 2. The molecule has 0 radical (unpaired) electrons. The number of esters is 1. The third-order valence-corrected chi connectivity index (χ3v) is 10.2. The van der Waals surface area contributed by atoms with Crippen molar-refractivity contribution in [2.75, 3.05) is 7.11 Å². The minimum atomic E-state index is -2.22. The van der Waals surface area contributed by atoms with E-state index in [2.05, 4.69) is 81.0 Å². The molecule has 186 valence electrons. The molecule has 0 saturated carbocycles. The fourth-order valence-corrected chi connectivity index (χ4v) is 3.69. The van der Waals surface area contributed by atoms with Crippen LogP contribution >= 0.6 is 0 Å². The Morgan fingerprint density at radius 2 is 1.61 bits per heavy atom. The van der Waals surface area contributed by atoms with Gasteiger partial charge in [-0.1, -0.05) is 58.3 Å². The third kappa shape index (κ3) is 14.2. The normalized spacial score (nSPS) is 13.8. The summed E-state index contributed by atoms with van der Waals surface area (Å²) in [5, 5.41) is 21.2. The molecule has 0 aliphatic carbocycles. The highest BCUT2D eigenvalue weighted by Gasteiger charge is 2.41. The molecule has 0 aromatic carbocycles. The third-order valence-electron chi connectivity index (χ3n) is 5.73. The van der Waals surface area contributed by atoms with Gasteiger partial charge in [-0.3, -0.25) is 4.79 Å². The van der Waals surface area contributed by atoms with Crippen LogP contribution in [0.5, 0.6) is 0 Å². The quantitative estimate of drug-likeness (QED) is 0.194. The van der Waals surface area contributed by atoms with Crippen molar-refractivity contribution in [3.05, 3.63) is 0 Å². The number of unbranched alkanes of at least 4 members (excludes halogenated alkanes) is 4. The summed E-state index contributed by atoms with van der Waals surface area (Å²) in [5.74, 6) is 17.7. The number of hydrogen-bond acceptors (Lipinski definition) is 5. The SMILES string of the molecule is CCCCCC#CC[C@H](O)[C@@H](O)C(C#CCC#CCCCC(=O)OC)O[Si](C)(C)C(C)(C)C. The lowest BCUT2D eigenvalue weighted by atomic mass is 10.1. The Hall–Kier alpha value is -1.75. The summed E-state index contributed by atoms with van der Waals surface area (Å²) in [7, 11) is -0.847. The Balaban J connectivity index is 5.10. The van der Waals surface area contributed by atoms with Crippen LogP contribution in [0.4, 0.5) is 0 Å². The van der Waals surface area contributed by atoms with E-state index in [-0.39, 0.29) is 17.4 Å². The highest BCUT2D eigenvalue weighted by atomic mass is 28.4. The summed E-state index contributed by atoms with van der Waals surface area (Å²) >= 11 is 0. The Morgan fingerprint density at radius 1 is 0.970 bits per heavy atom. The number of hydrogen-bond donors (Lipinski definition) is 2. The van der Waals surface area contributed by atoms with Gasteiger partial charge in [0.1, 0.15) is 12.2 Å². The maximum absolute atomic E-state index is 11.1. The van der Waals surface area contributed by atoms with Gasteiger partial charge in [-0.2, -0.15) is 0 Å². The number of aliphatic hydroxyl groups excluding tert-OH is 2. The average Bonchev–Trinajstić information content (AvgIpc) is 2.75. The van der Waals surface area contributed by atoms with E-state index >= 15 is 0 Å². The topological polar surface area (TPSA) is 76.0 Å². The number of ether oxygens (including phenoxy) is 1. The molecule has 0 saturated heterocycles. The molecule has 6 heteroatoms. The molecule has 33 heavy (non-hydrogen) atoms. The van der Waals surface area contributed by atoms with Gasteiger partial charge in [-0.05, 0) is 31.0 Å². The van der Waals surface area contributed by atoms with Crippen LogP contribution in [0.2, 0.25) is 18.1 Å². The summed E-state index contributed by atoms with van der Waals surface area (Å²) in [6.45, 7) is 12.7. The van der Waals surface area contributed by atoms with Crippen LogP contribution < -0.4 is 0 Å². The molecule has 0 amide bonds. The van der Waals surface area contributed by atoms with Crippen molar-refractivity contribution in [3.63, 3.8) is 0 Å². The van der Waals surface area contributed by atoms with Gasteiger partial charge in [0.05, 0.1) is 19.6 Å². The van der Waals surface area contributed by atoms with Gasteiger partial charge < -0.3 is 19.4 Å². The molecule has 3 atom stereocenters. The maximum atomic E-state index is 11.1. The molecule has 2 N–H and O–H groups in total. The summed E-state index contributed by atoms with van der Waals surface area (Å²) < 4.78 is 10.9. The van der Waals surface area contributed by atoms with Crippen LogP contribution in [0.1, 0.15) is 85.5 Å². The summed E-state index contributed by atoms with van der Waals surface area (Å²) in [4.78, 5) is 11.1. The number of methoxy groups -OCH3 is 1. The lowest BCUT2D eigenvalue weighted by Gasteiger charge is -2.39. The molecule has 5 nitrogen and oxygen atoms in total. The molecule has 0 fully saturated rings. The summed E-state index contributed by atoms with van der Waals surface area (Å²) in [6.07, 6.45) is 3.27. The fraction of sp³-hybridized carbons (Fsp3) is 0.741. The van der Waals surface area contributed by atoms with Crippen LogP contribution in [-0.2, 0) is 14.0 Å². The molecule has 0 aromatic rings. The van der Waals surface area contributed by atoms with Crippen LogP contribution in [0, 0.1) is 35.5 Å². The van der Waals surface area contributed by atoms with Crippen molar-refractivity contribution < 1.29 is 24.2 Å². The van der Waals surface area contributed by atoms with Gasteiger partial charge in [0.15, 0.2) is 8.32 Å². The van der Waals surface area contributed by atoms with E-state index in [1.54, 1.807) is 0 Å². The van der Waals surface area contributed by atoms with Crippen molar-refractivity contribution in [1.29, 1.82) is 0 Å². The molecular formula is C27H44O5Si. The number of carbonyl (C=O) groups is 1. The van der Waals surface area contributed by atoms with Crippen molar-refractivity contribution in [2.24, 2.45) is 0 Å². The maximum Gasteiger partial charge on any atom is 0.305 e. The van der Waals surface area contributed by atoms with Gasteiger partial charge in [0.2, 0.25) is 0 Å². The molecule has 0 aromatic heterocycles. The average molecular weight is 477 g/mol.